The summed E-state index contributed by atoms with van der Waals surface area (Å²) in [6, 6.07) is 6.49. The summed E-state index contributed by atoms with van der Waals surface area (Å²) in [6.07, 6.45) is 7.20. The minimum absolute atomic E-state index is 0.0345. The van der Waals surface area contributed by atoms with E-state index in [0.717, 1.165) is 42.0 Å². The third-order valence-corrected chi connectivity index (χ3v) is 6.26. The van der Waals surface area contributed by atoms with E-state index in [-0.39, 0.29) is 24.3 Å². The van der Waals surface area contributed by atoms with Gasteiger partial charge in [0.1, 0.15) is 12.2 Å². The summed E-state index contributed by atoms with van der Waals surface area (Å²) in [6.45, 7) is 4.80. The van der Waals surface area contributed by atoms with Gasteiger partial charge in [-0.2, -0.15) is 0 Å². The van der Waals surface area contributed by atoms with Crippen molar-refractivity contribution in [3.8, 4) is 0 Å². The SMILES string of the molecule is CCCC[C@@H](NCC(=O)OCCC)C(=O)N1CCC[C@H]1C(=O)NC(N)c1ccc2cnccc2c1. The number of carbonyl (C=O) groups excluding carboxylic acids is 3. The van der Waals surface area contributed by atoms with Crippen LogP contribution in [0.3, 0.4) is 0 Å². The summed E-state index contributed by atoms with van der Waals surface area (Å²) in [7, 11) is 0. The van der Waals surface area contributed by atoms with Gasteiger partial charge in [0.25, 0.3) is 0 Å². The number of esters is 1. The number of ether oxygens (including phenoxy) is 1. The zero-order valence-corrected chi connectivity index (χ0v) is 20.7. The van der Waals surface area contributed by atoms with Gasteiger partial charge >= 0.3 is 5.97 Å². The molecule has 1 aliphatic heterocycles. The van der Waals surface area contributed by atoms with Crippen LogP contribution in [0.1, 0.15) is 64.1 Å². The molecule has 2 heterocycles. The van der Waals surface area contributed by atoms with Crippen molar-refractivity contribution >= 4 is 28.6 Å². The molecule has 0 saturated carbocycles. The molecule has 1 aromatic carbocycles. The third-order valence-electron chi connectivity index (χ3n) is 6.26. The lowest BCUT2D eigenvalue weighted by Gasteiger charge is -2.29. The molecule has 190 valence electrons. The summed E-state index contributed by atoms with van der Waals surface area (Å²) in [5.74, 6) is -0.810. The lowest BCUT2D eigenvalue weighted by molar-refractivity contribution is -0.144. The summed E-state index contributed by atoms with van der Waals surface area (Å²) >= 11 is 0. The van der Waals surface area contributed by atoms with Crippen molar-refractivity contribution in [2.75, 3.05) is 19.7 Å². The predicted molar refractivity (Wildman–Crippen MR) is 134 cm³/mol. The number of aromatic nitrogens is 1. The number of carbonyl (C=O) groups is 3. The molecule has 35 heavy (non-hydrogen) atoms. The minimum atomic E-state index is -0.694. The Labute approximate surface area is 206 Å². The molecule has 1 aromatic heterocycles. The Hall–Kier alpha value is -3.04. The smallest absolute Gasteiger partial charge is 0.319 e. The minimum Gasteiger partial charge on any atom is -0.465 e. The quantitative estimate of drug-likeness (QED) is 0.312. The third kappa shape index (κ3) is 7.22. The Kier molecular flexibility index (Phi) is 9.98. The van der Waals surface area contributed by atoms with E-state index in [1.165, 1.54) is 0 Å². The van der Waals surface area contributed by atoms with Gasteiger partial charge in [0.05, 0.1) is 19.2 Å². The van der Waals surface area contributed by atoms with Crippen LogP contribution in [0.25, 0.3) is 10.8 Å². The van der Waals surface area contributed by atoms with E-state index < -0.39 is 18.2 Å². The standard InChI is InChI=1S/C26H37N5O4/c1-3-5-7-21(29-17-23(32)35-14-4-2)26(34)31-13-6-8-22(31)25(33)30-24(27)19-9-10-20-16-28-12-11-18(20)15-19/h9-12,15-16,21-22,24,29H,3-8,13-14,17,27H2,1-2H3,(H,30,33)/t21-,22+,24?/m1/s1. The second kappa shape index (κ2) is 13.2. The number of rotatable bonds is 12. The number of fused-ring (bicyclic) bond motifs is 1. The zero-order valence-electron chi connectivity index (χ0n) is 20.7. The van der Waals surface area contributed by atoms with Crippen molar-refractivity contribution in [3.63, 3.8) is 0 Å². The molecule has 0 aliphatic carbocycles. The van der Waals surface area contributed by atoms with Crippen LogP contribution in [0.2, 0.25) is 0 Å². The molecule has 2 aromatic rings. The highest BCUT2D eigenvalue weighted by atomic mass is 16.5. The predicted octanol–water partition coefficient (Wildman–Crippen LogP) is 2.40. The van der Waals surface area contributed by atoms with E-state index in [0.29, 0.717) is 26.0 Å². The van der Waals surface area contributed by atoms with Gasteiger partial charge in [-0.15, -0.1) is 0 Å². The molecule has 1 aliphatic rings. The Morgan fingerprint density at radius 2 is 2.03 bits per heavy atom. The van der Waals surface area contributed by atoms with Crippen LogP contribution >= 0.6 is 0 Å². The second-order valence-electron chi connectivity index (χ2n) is 8.95. The van der Waals surface area contributed by atoms with Crippen LogP contribution in [0.15, 0.2) is 36.7 Å². The van der Waals surface area contributed by atoms with Gasteiger partial charge in [-0.05, 0) is 48.8 Å². The fraction of sp³-hybridized carbons (Fsp3) is 0.538. The monoisotopic (exact) mass is 483 g/mol. The molecule has 0 spiro atoms. The number of hydrogen-bond acceptors (Lipinski definition) is 7. The van der Waals surface area contributed by atoms with Gasteiger partial charge in [-0.1, -0.05) is 38.8 Å². The molecule has 0 bridgehead atoms. The number of nitrogens with one attached hydrogen (secondary N) is 2. The average Bonchev–Trinajstić information content (AvgIpc) is 3.37. The molecular weight excluding hydrogens is 446 g/mol. The highest BCUT2D eigenvalue weighted by molar-refractivity contribution is 5.91. The maximum Gasteiger partial charge on any atom is 0.319 e. The molecule has 1 unspecified atom stereocenters. The topological polar surface area (TPSA) is 127 Å². The van der Waals surface area contributed by atoms with Crippen LogP contribution in [0.5, 0.6) is 0 Å². The molecule has 2 amide bonds. The lowest BCUT2D eigenvalue weighted by atomic mass is 10.1. The summed E-state index contributed by atoms with van der Waals surface area (Å²) in [5, 5.41) is 7.91. The molecule has 1 saturated heterocycles. The van der Waals surface area contributed by atoms with E-state index in [9.17, 15) is 14.4 Å². The van der Waals surface area contributed by atoms with E-state index in [2.05, 4.69) is 15.6 Å². The summed E-state index contributed by atoms with van der Waals surface area (Å²) < 4.78 is 5.12. The van der Waals surface area contributed by atoms with Crippen molar-refractivity contribution in [3.05, 3.63) is 42.2 Å². The lowest BCUT2D eigenvalue weighted by Crippen LogP contribution is -2.54. The highest BCUT2D eigenvalue weighted by Crippen LogP contribution is 2.22. The first kappa shape index (κ1) is 26.6. The number of amides is 2. The Morgan fingerprint density at radius 3 is 2.80 bits per heavy atom. The summed E-state index contributed by atoms with van der Waals surface area (Å²) in [5.41, 5.74) is 7.09. The molecule has 3 atom stereocenters. The number of nitrogens with two attached hydrogens (primary N) is 1. The first-order valence-corrected chi connectivity index (χ1v) is 12.5. The van der Waals surface area contributed by atoms with Crippen LogP contribution in [0, 0.1) is 0 Å². The number of nitrogens with zero attached hydrogens (tertiary/aromatic N) is 2. The normalized spacial score (nSPS) is 17.2. The first-order chi connectivity index (χ1) is 16.9. The number of likely N-dealkylation sites (tertiary alicyclic amines) is 1. The molecule has 9 nitrogen and oxygen atoms in total. The Bertz CT molecular complexity index is 1010. The van der Waals surface area contributed by atoms with Crippen LogP contribution < -0.4 is 16.4 Å². The van der Waals surface area contributed by atoms with E-state index >= 15 is 0 Å². The van der Waals surface area contributed by atoms with E-state index in [4.69, 9.17) is 10.5 Å². The van der Waals surface area contributed by atoms with Crippen molar-refractivity contribution in [2.24, 2.45) is 5.73 Å². The molecule has 1 fully saturated rings. The molecular formula is C26H37N5O4. The van der Waals surface area contributed by atoms with Gasteiger partial charge in [0, 0.05) is 24.3 Å². The molecule has 3 rings (SSSR count). The van der Waals surface area contributed by atoms with Crippen LogP contribution in [-0.4, -0.2) is 59.4 Å². The first-order valence-electron chi connectivity index (χ1n) is 12.5. The molecule has 0 radical (unpaired) electrons. The number of unbranched alkanes of at least 4 members (excludes halogenated alkanes) is 1. The van der Waals surface area contributed by atoms with Crippen molar-refractivity contribution in [1.29, 1.82) is 0 Å². The van der Waals surface area contributed by atoms with Gasteiger partial charge < -0.3 is 20.7 Å². The van der Waals surface area contributed by atoms with Gasteiger partial charge in [-0.3, -0.25) is 24.7 Å². The maximum absolute atomic E-state index is 13.4. The van der Waals surface area contributed by atoms with Crippen LogP contribution in [-0.2, 0) is 19.1 Å². The van der Waals surface area contributed by atoms with Gasteiger partial charge in [-0.25, -0.2) is 0 Å². The van der Waals surface area contributed by atoms with Gasteiger partial charge in [0.2, 0.25) is 11.8 Å². The fourth-order valence-corrected chi connectivity index (χ4v) is 4.33. The van der Waals surface area contributed by atoms with E-state index in [1.54, 1.807) is 17.3 Å². The second-order valence-corrected chi connectivity index (χ2v) is 8.95. The Balaban J connectivity index is 1.64. The van der Waals surface area contributed by atoms with E-state index in [1.807, 2.05) is 38.1 Å². The number of pyridine rings is 1. The molecule has 4 N–H and O–H groups in total. The van der Waals surface area contributed by atoms with Crippen molar-refractivity contribution in [2.45, 2.75) is 70.6 Å². The fourth-order valence-electron chi connectivity index (χ4n) is 4.33. The van der Waals surface area contributed by atoms with Gasteiger partial charge in [0.15, 0.2) is 0 Å². The highest BCUT2D eigenvalue weighted by Gasteiger charge is 2.37. The zero-order chi connectivity index (χ0) is 25.2. The number of hydrogen-bond donors (Lipinski definition) is 3. The van der Waals surface area contributed by atoms with Crippen molar-refractivity contribution < 1.29 is 19.1 Å². The Morgan fingerprint density at radius 1 is 1.20 bits per heavy atom. The van der Waals surface area contributed by atoms with Crippen LogP contribution in [0.4, 0.5) is 0 Å². The number of benzene rings is 1. The maximum atomic E-state index is 13.4. The average molecular weight is 484 g/mol. The molecule has 9 heteroatoms. The largest absolute Gasteiger partial charge is 0.465 e. The van der Waals surface area contributed by atoms with Crippen molar-refractivity contribution in [1.82, 2.24) is 20.5 Å². The summed E-state index contributed by atoms with van der Waals surface area (Å²) in [4.78, 5) is 44.2.